The maximum Gasteiger partial charge on any atom is 0.417 e. The van der Waals surface area contributed by atoms with Crippen LogP contribution in [0.1, 0.15) is 58.5 Å². The minimum absolute atomic E-state index is 0.0220. The summed E-state index contributed by atoms with van der Waals surface area (Å²) in [5.41, 5.74) is -5.55. The zero-order chi connectivity index (χ0) is 45.0. The molecule has 3 aromatic rings. The molecule has 3 aliphatic heterocycles. The number of carbonyl (C=O) groups is 5. The third-order valence-corrected chi connectivity index (χ3v) is 11.1. The van der Waals surface area contributed by atoms with Gasteiger partial charge in [0.05, 0.1) is 68.0 Å². The van der Waals surface area contributed by atoms with Gasteiger partial charge in [0.2, 0.25) is 17.3 Å². The van der Waals surface area contributed by atoms with E-state index in [0.29, 0.717) is 28.9 Å². The van der Waals surface area contributed by atoms with Crippen molar-refractivity contribution in [3.05, 3.63) is 82.9 Å². The molecule has 330 valence electrons. The molecule has 22 heteroatoms. The predicted molar refractivity (Wildman–Crippen MR) is 212 cm³/mol. The number of nitriles is 1. The van der Waals surface area contributed by atoms with Gasteiger partial charge in [0.25, 0.3) is 17.7 Å². The Bertz CT molecular complexity index is 2390. The fraction of sp³-hybridized carbons (Fsp3) is 0.400. The molecule has 0 aliphatic carbocycles. The number of amides is 5. The number of rotatable bonds is 18. The van der Waals surface area contributed by atoms with Crippen LogP contribution in [0.4, 0.5) is 30.2 Å². The van der Waals surface area contributed by atoms with E-state index < -0.39 is 79.7 Å². The molecule has 18 nitrogen and oxygen atoms in total. The highest BCUT2D eigenvalue weighted by atomic mass is 32.2. The molecule has 0 radical (unpaired) electrons. The number of hydrogen-bond acceptors (Lipinski definition) is 14. The molecule has 3 N–H and O–H groups in total. The van der Waals surface area contributed by atoms with E-state index in [-0.39, 0.29) is 75.9 Å². The monoisotopic (exact) mass is 886 g/mol. The lowest BCUT2D eigenvalue weighted by atomic mass is 10.0. The summed E-state index contributed by atoms with van der Waals surface area (Å²) in [6.45, 7) is 4.56. The molecule has 3 heterocycles. The first-order chi connectivity index (χ1) is 29.4. The van der Waals surface area contributed by atoms with Crippen molar-refractivity contribution in [1.29, 1.82) is 5.26 Å². The van der Waals surface area contributed by atoms with Gasteiger partial charge in [-0.3, -0.25) is 43.6 Å². The van der Waals surface area contributed by atoms with E-state index in [1.807, 2.05) is 0 Å². The molecule has 2 fully saturated rings. The molecule has 2 atom stereocenters. The second-order valence-corrected chi connectivity index (χ2v) is 16.0. The van der Waals surface area contributed by atoms with Crippen molar-refractivity contribution in [2.75, 3.05) is 67.9 Å². The highest BCUT2D eigenvalue weighted by molar-refractivity contribution is 7.86. The largest absolute Gasteiger partial charge is 0.491 e. The fourth-order valence-corrected chi connectivity index (χ4v) is 8.38. The quantitative estimate of drug-likeness (QED) is 0.0945. The number of carbonyl (C=O) groups excluding carboxylic acids is 5. The van der Waals surface area contributed by atoms with Gasteiger partial charge >= 0.3 is 16.3 Å². The highest BCUT2D eigenvalue weighted by Crippen LogP contribution is 2.43. The Morgan fingerprint density at radius 1 is 0.871 bits per heavy atom. The highest BCUT2D eigenvalue weighted by Gasteiger charge is 2.57. The summed E-state index contributed by atoms with van der Waals surface area (Å²) in [4.78, 5) is 66.2. The Labute approximate surface area is 353 Å². The summed E-state index contributed by atoms with van der Waals surface area (Å²) >= 11 is 0. The second-order valence-electron chi connectivity index (χ2n) is 14.6. The summed E-state index contributed by atoms with van der Waals surface area (Å²) in [6, 6.07) is 13.3. The van der Waals surface area contributed by atoms with Crippen molar-refractivity contribution in [3.8, 4) is 11.8 Å². The number of fused-ring (bicyclic) bond motifs is 1. The molecule has 5 amide bonds. The van der Waals surface area contributed by atoms with E-state index in [4.69, 9.17) is 18.9 Å². The maximum atomic E-state index is 13.7. The predicted octanol–water partition coefficient (Wildman–Crippen LogP) is 3.32. The topological polar surface area (TPSA) is 234 Å². The molecule has 1 unspecified atom stereocenters. The van der Waals surface area contributed by atoms with Gasteiger partial charge in [0.1, 0.15) is 23.9 Å². The molecule has 2 saturated heterocycles. The summed E-state index contributed by atoms with van der Waals surface area (Å²) in [7, 11) is -5.15. The molecule has 3 aliphatic rings. The average molecular weight is 887 g/mol. The van der Waals surface area contributed by atoms with Crippen LogP contribution in [0.25, 0.3) is 0 Å². The number of hydrogen-bond donors (Lipinski definition) is 3. The molecule has 3 aromatic carbocycles. The van der Waals surface area contributed by atoms with Crippen LogP contribution >= 0.6 is 0 Å². The van der Waals surface area contributed by atoms with Gasteiger partial charge in [0.15, 0.2) is 0 Å². The zero-order valence-corrected chi connectivity index (χ0v) is 34.1. The molecule has 62 heavy (non-hydrogen) atoms. The van der Waals surface area contributed by atoms with Crippen molar-refractivity contribution in [2.45, 2.75) is 49.9 Å². The number of piperidine rings is 1. The van der Waals surface area contributed by atoms with E-state index in [1.54, 1.807) is 12.1 Å². The van der Waals surface area contributed by atoms with Gasteiger partial charge < -0.3 is 29.2 Å². The third kappa shape index (κ3) is 9.51. The summed E-state index contributed by atoms with van der Waals surface area (Å²) in [5, 5.41) is 14.4. The fourth-order valence-electron chi connectivity index (χ4n) is 7.25. The summed E-state index contributed by atoms with van der Waals surface area (Å²) in [5.74, 6) is -2.93. The van der Waals surface area contributed by atoms with Crippen molar-refractivity contribution >= 4 is 56.7 Å². The molecule has 6 rings (SSSR count). The van der Waals surface area contributed by atoms with Gasteiger partial charge in [0, 0.05) is 30.0 Å². The summed E-state index contributed by atoms with van der Waals surface area (Å²) in [6.07, 6.45) is -4.91. The van der Waals surface area contributed by atoms with Crippen LogP contribution < -0.4 is 25.2 Å². The third-order valence-electron chi connectivity index (χ3n) is 10.1. The average Bonchev–Trinajstić information content (AvgIpc) is 3.60. The van der Waals surface area contributed by atoms with Gasteiger partial charge in [-0.15, -0.1) is 0 Å². The Morgan fingerprint density at radius 3 is 2.11 bits per heavy atom. The van der Waals surface area contributed by atoms with E-state index in [0.717, 1.165) is 21.9 Å². The number of nitrogens with one attached hydrogen (secondary N) is 2. The van der Waals surface area contributed by atoms with Crippen molar-refractivity contribution in [1.82, 2.24) is 10.2 Å². The number of halogens is 3. The van der Waals surface area contributed by atoms with Crippen molar-refractivity contribution in [2.24, 2.45) is 0 Å². The maximum absolute atomic E-state index is 13.7. The van der Waals surface area contributed by atoms with Gasteiger partial charge in [-0.1, -0.05) is 6.07 Å². The molecular formula is C40H41F3N6O12S. The lowest BCUT2D eigenvalue weighted by Crippen LogP contribution is -2.54. The van der Waals surface area contributed by atoms with E-state index in [9.17, 15) is 55.4 Å². The van der Waals surface area contributed by atoms with Crippen molar-refractivity contribution < 1.29 is 69.1 Å². The number of imide groups is 2. The van der Waals surface area contributed by atoms with Gasteiger partial charge in [-0.2, -0.15) is 26.9 Å². The second kappa shape index (κ2) is 18.5. The molecule has 0 saturated carbocycles. The minimum Gasteiger partial charge on any atom is -0.491 e. The van der Waals surface area contributed by atoms with Crippen LogP contribution in [0.5, 0.6) is 5.75 Å². The van der Waals surface area contributed by atoms with Crippen LogP contribution in [0.2, 0.25) is 0 Å². The van der Waals surface area contributed by atoms with Crippen LogP contribution in [0.15, 0.2) is 60.7 Å². The Hall–Kier alpha value is -6.12. The molecule has 0 aromatic heterocycles. The first-order valence-corrected chi connectivity index (χ1v) is 20.6. The van der Waals surface area contributed by atoms with Crippen LogP contribution in [-0.2, 0) is 44.9 Å². The van der Waals surface area contributed by atoms with Gasteiger partial charge in [-0.25, -0.2) is 0 Å². The van der Waals surface area contributed by atoms with E-state index in [2.05, 4.69) is 10.6 Å². The molecule has 0 bridgehead atoms. The van der Waals surface area contributed by atoms with Crippen LogP contribution in [0, 0.1) is 11.3 Å². The molecule has 0 spiro atoms. The first kappa shape index (κ1) is 45.4. The molecular weight excluding hydrogens is 846 g/mol. The first-order valence-electron chi connectivity index (χ1n) is 19.1. The van der Waals surface area contributed by atoms with E-state index in [1.165, 1.54) is 50.2 Å². The van der Waals surface area contributed by atoms with E-state index >= 15 is 0 Å². The lowest BCUT2D eigenvalue weighted by Gasteiger charge is -2.34. The number of benzene rings is 3. The summed E-state index contributed by atoms with van der Waals surface area (Å²) < 4.78 is 99.3. The number of anilines is 3. The van der Waals surface area contributed by atoms with Crippen molar-refractivity contribution in [3.63, 3.8) is 0 Å². The number of ether oxygens (including phenoxy) is 4. The van der Waals surface area contributed by atoms with Crippen LogP contribution in [0.3, 0.4) is 0 Å². The van der Waals surface area contributed by atoms with Gasteiger partial charge in [-0.05, 0) is 74.9 Å². The SMILES string of the molecule is CC1(C)C(=O)N(c2ccc(C#N)c(C(F)(F)F)c2)C(S(=O)(=O)O)N1c1ccc(OCCOCCOCCOCCNc2cccc3c2C(=O)N([C@H]2CCC(=O)NC2=O)C3=O)cc1. The normalized spacial score (nSPS) is 18.9. The standard InChI is InChI=1S/C40H41F3N6O12S/c1-39(2)37(54)47(26-7-6-24(23-44)29(22-26)40(41,42)43)38(62(55,56)57)49(39)25-8-10-27(11-9-25)61-21-20-60-19-18-59-17-16-58-15-14-45-30-5-3-4-28-33(30)36(53)48(35(28)52)31-12-13-32(50)46-34(31)51/h3-11,22,31,38,45H,12-21H2,1-2H3,(H,46,50,51)(H,55,56,57)/t31-,38?/m0/s1. The zero-order valence-electron chi connectivity index (χ0n) is 33.3. The number of alkyl halides is 3. The Balaban J connectivity index is 0.897. The lowest BCUT2D eigenvalue weighted by molar-refractivity contribution is -0.138. The Kier molecular flexibility index (Phi) is 13.5. The minimum atomic E-state index is -5.15. The number of nitrogens with zero attached hydrogens (tertiary/aromatic N) is 4. The van der Waals surface area contributed by atoms with Crippen LogP contribution in [-0.4, -0.2) is 117 Å². The smallest absolute Gasteiger partial charge is 0.417 e. The Morgan fingerprint density at radius 2 is 1.50 bits per heavy atom.